The molecular weight excluding hydrogens is 585 g/mol. The van der Waals surface area contributed by atoms with Crippen LogP contribution < -0.4 is 15.5 Å². The van der Waals surface area contributed by atoms with Gasteiger partial charge in [0.05, 0.1) is 46.0 Å². The van der Waals surface area contributed by atoms with Crippen LogP contribution in [0.2, 0.25) is 0 Å². The predicted molar refractivity (Wildman–Crippen MR) is 175 cm³/mol. The lowest BCUT2D eigenvalue weighted by molar-refractivity contribution is -0.131. The summed E-state index contributed by atoms with van der Waals surface area (Å²) in [4.78, 5) is 36.9. The number of likely N-dealkylation sites (N-methyl/N-ethyl adjacent to an activating group) is 1. The number of hydrogen-bond donors (Lipinski definition) is 2. The van der Waals surface area contributed by atoms with Gasteiger partial charge in [-0.1, -0.05) is 18.2 Å². The zero-order chi connectivity index (χ0) is 31.4. The molecule has 0 radical (unpaired) electrons. The van der Waals surface area contributed by atoms with E-state index in [0.717, 1.165) is 34.5 Å². The molecule has 46 heavy (non-hydrogen) atoms. The summed E-state index contributed by atoms with van der Waals surface area (Å²) >= 11 is 0. The first-order valence-electron chi connectivity index (χ1n) is 15.3. The Morgan fingerprint density at radius 1 is 1.04 bits per heavy atom. The molecular formula is C33H32FN11O. The molecule has 0 aliphatic carbocycles. The summed E-state index contributed by atoms with van der Waals surface area (Å²) < 4.78 is 17.8. The van der Waals surface area contributed by atoms with Crippen LogP contribution >= 0.6 is 0 Å². The van der Waals surface area contributed by atoms with E-state index < -0.39 is 6.04 Å². The number of halogens is 1. The van der Waals surface area contributed by atoms with Crippen molar-refractivity contribution in [3.05, 3.63) is 79.3 Å². The van der Waals surface area contributed by atoms with Gasteiger partial charge in [-0.05, 0) is 49.2 Å². The van der Waals surface area contributed by atoms with Gasteiger partial charge in [0.2, 0.25) is 5.91 Å². The standard InChI is InChI=1S/C33H32FN11O/c1-35-26-14-20(34)10-11-27(26)45-32-23(16-39-45)31(36-18-37-32)44-17-21-15-28(44)33(46)42(2)12-5-13-43-19-38-25-8-3-6-22(30(25)43)24-7-4-9-29(40-21)41-24/h3-4,6-11,14,16,18-19,21,28,35H,5,12-13,15,17H2,1-2H3,(H,40,41)/t21-,28-/m0/s1. The second kappa shape index (κ2) is 11.1. The van der Waals surface area contributed by atoms with Crippen LogP contribution in [0.1, 0.15) is 12.8 Å². The number of carbonyl (C=O) groups excluding carboxylic acids is 1. The number of para-hydroxylation sites is 1. The molecule has 4 bridgehead atoms. The van der Waals surface area contributed by atoms with Crippen LogP contribution in [0.5, 0.6) is 0 Å². The third kappa shape index (κ3) is 4.66. The van der Waals surface area contributed by atoms with Gasteiger partial charge < -0.3 is 25.0 Å². The molecule has 4 aromatic heterocycles. The van der Waals surface area contributed by atoms with E-state index in [9.17, 15) is 9.18 Å². The Bertz CT molecular complexity index is 2110. The molecule has 0 unspecified atom stereocenters. The number of aryl methyl sites for hydroxylation is 1. The number of hydrogen-bond acceptors (Lipinski definition) is 9. The maximum atomic E-state index is 14.1. The van der Waals surface area contributed by atoms with Crippen molar-refractivity contribution in [2.24, 2.45) is 0 Å². The van der Waals surface area contributed by atoms with E-state index in [2.05, 4.69) is 46.2 Å². The van der Waals surface area contributed by atoms with Gasteiger partial charge in [0.1, 0.15) is 29.8 Å². The quantitative estimate of drug-likeness (QED) is 0.299. The van der Waals surface area contributed by atoms with E-state index in [-0.39, 0.29) is 17.8 Å². The SMILES string of the molecule is CNc1cc(F)ccc1-n1ncc2c(N3C[C@@H]4C[C@H]3C(=O)N(C)CCCn3cnc5cccc(c53)-c3cccc(n3)N4)ncnc21. The molecule has 6 heterocycles. The molecule has 2 atom stereocenters. The highest BCUT2D eigenvalue weighted by Crippen LogP contribution is 2.34. The number of fused-ring (bicyclic) bond motifs is 6. The largest absolute Gasteiger partial charge is 0.386 e. The van der Waals surface area contributed by atoms with Crippen molar-refractivity contribution in [3.63, 3.8) is 0 Å². The van der Waals surface area contributed by atoms with Gasteiger partial charge in [-0.15, -0.1) is 0 Å². The maximum Gasteiger partial charge on any atom is 0.245 e. The zero-order valence-corrected chi connectivity index (χ0v) is 25.4. The number of rotatable bonds is 3. The molecule has 2 N–H and O–H groups in total. The number of amides is 1. The highest BCUT2D eigenvalue weighted by Gasteiger charge is 2.40. The molecule has 2 aromatic carbocycles. The summed E-state index contributed by atoms with van der Waals surface area (Å²) in [5.41, 5.74) is 5.63. The first kappa shape index (κ1) is 27.9. The van der Waals surface area contributed by atoms with Crippen molar-refractivity contribution in [3.8, 4) is 16.9 Å². The monoisotopic (exact) mass is 617 g/mol. The van der Waals surface area contributed by atoms with E-state index >= 15 is 0 Å². The average Bonchev–Trinajstić information content (AvgIpc) is 3.81. The molecule has 13 heteroatoms. The molecule has 8 rings (SSSR count). The van der Waals surface area contributed by atoms with Crippen LogP contribution in [0.15, 0.2) is 73.4 Å². The summed E-state index contributed by atoms with van der Waals surface area (Å²) in [6.45, 7) is 1.82. The summed E-state index contributed by atoms with van der Waals surface area (Å²) in [6, 6.07) is 16.0. The number of benzene rings is 2. The smallest absolute Gasteiger partial charge is 0.245 e. The third-order valence-corrected chi connectivity index (χ3v) is 8.94. The highest BCUT2D eigenvalue weighted by molar-refractivity contribution is 5.93. The Morgan fingerprint density at radius 2 is 1.93 bits per heavy atom. The first-order valence-corrected chi connectivity index (χ1v) is 15.3. The van der Waals surface area contributed by atoms with E-state index in [4.69, 9.17) is 4.98 Å². The van der Waals surface area contributed by atoms with Crippen LogP contribution in [0, 0.1) is 5.82 Å². The molecule has 0 spiro atoms. The van der Waals surface area contributed by atoms with Crippen molar-refractivity contribution >= 4 is 45.3 Å². The molecule has 1 saturated heterocycles. The predicted octanol–water partition coefficient (Wildman–Crippen LogP) is 4.33. The number of imidazole rings is 1. The average molecular weight is 618 g/mol. The second-order valence-electron chi connectivity index (χ2n) is 11.8. The summed E-state index contributed by atoms with van der Waals surface area (Å²) in [7, 11) is 3.60. The number of nitrogens with zero attached hydrogens (tertiary/aromatic N) is 9. The van der Waals surface area contributed by atoms with Gasteiger partial charge in [0.15, 0.2) is 5.65 Å². The Labute approximate surface area is 263 Å². The second-order valence-corrected chi connectivity index (χ2v) is 11.8. The molecule has 1 amide bonds. The Balaban J connectivity index is 1.19. The molecule has 232 valence electrons. The van der Waals surface area contributed by atoms with Crippen molar-refractivity contribution in [1.29, 1.82) is 0 Å². The van der Waals surface area contributed by atoms with Gasteiger partial charge >= 0.3 is 0 Å². The topological polar surface area (TPSA) is 122 Å². The highest BCUT2D eigenvalue weighted by atomic mass is 19.1. The zero-order valence-electron chi connectivity index (χ0n) is 25.4. The minimum Gasteiger partial charge on any atom is -0.386 e. The lowest BCUT2D eigenvalue weighted by atomic mass is 10.1. The van der Waals surface area contributed by atoms with Gasteiger partial charge in [-0.2, -0.15) is 5.10 Å². The van der Waals surface area contributed by atoms with Crippen LogP contribution in [0.4, 0.5) is 21.7 Å². The normalized spacial score (nSPS) is 18.5. The van der Waals surface area contributed by atoms with Crippen LogP contribution in [0.25, 0.3) is 39.0 Å². The van der Waals surface area contributed by atoms with Crippen molar-refractivity contribution in [1.82, 2.24) is 39.2 Å². The molecule has 0 saturated carbocycles. The Hall–Kier alpha value is -5.59. The van der Waals surface area contributed by atoms with Crippen molar-refractivity contribution in [2.75, 3.05) is 42.7 Å². The molecule has 12 nitrogen and oxygen atoms in total. The van der Waals surface area contributed by atoms with Gasteiger partial charge in [-0.25, -0.2) is 29.0 Å². The maximum absolute atomic E-state index is 14.1. The summed E-state index contributed by atoms with van der Waals surface area (Å²) in [6.07, 6.45) is 6.40. The number of carbonyl (C=O) groups is 1. The van der Waals surface area contributed by atoms with Crippen molar-refractivity contribution < 1.29 is 9.18 Å². The fraction of sp³-hybridized carbons (Fsp3) is 0.273. The van der Waals surface area contributed by atoms with E-state index in [0.29, 0.717) is 54.3 Å². The minimum absolute atomic E-state index is 0.0206. The molecule has 1 fully saturated rings. The number of anilines is 3. The summed E-state index contributed by atoms with van der Waals surface area (Å²) in [5, 5.41) is 12.0. The number of nitrogens with one attached hydrogen (secondary N) is 2. The van der Waals surface area contributed by atoms with Crippen molar-refractivity contribution in [2.45, 2.75) is 31.5 Å². The van der Waals surface area contributed by atoms with Gasteiger partial charge in [0, 0.05) is 45.3 Å². The lowest BCUT2D eigenvalue weighted by Gasteiger charge is -2.29. The molecule has 2 aliphatic rings. The Kier molecular flexibility index (Phi) is 6.73. The summed E-state index contributed by atoms with van der Waals surface area (Å²) in [5.74, 6) is 1.03. The van der Waals surface area contributed by atoms with E-state index in [1.165, 1.54) is 18.5 Å². The minimum atomic E-state index is -0.465. The van der Waals surface area contributed by atoms with E-state index in [1.807, 2.05) is 48.6 Å². The van der Waals surface area contributed by atoms with Crippen LogP contribution in [-0.2, 0) is 11.3 Å². The van der Waals surface area contributed by atoms with Crippen LogP contribution in [-0.4, -0.2) is 84.4 Å². The van der Waals surface area contributed by atoms with Gasteiger partial charge in [0.25, 0.3) is 0 Å². The third-order valence-electron chi connectivity index (χ3n) is 8.94. The fourth-order valence-electron chi connectivity index (χ4n) is 6.76. The van der Waals surface area contributed by atoms with E-state index in [1.54, 1.807) is 24.0 Å². The first-order chi connectivity index (χ1) is 22.5. The van der Waals surface area contributed by atoms with Gasteiger partial charge in [-0.3, -0.25) is 4.79 Å². The number of aromatic nitrogens is 7. The van der Waals surface area contributed by atoms with Crippen LogP contribution in [0.3, 0.4) is 0 Å². The lowest BCUT2D eigenvalue weighted by Crippen LogP contribution is -2.45. The molecule has 6 aromatic rings. The number of pyridine rings is 1. The molecule has 2 aliphatic heterocycles. The Morgan fingerprint density at radius 3 is 2.83 bits per heavy atom. The fourth-order valence-corrected chi connectivity index (χ4v) is 6.76.